The molecule has 0 aliphatic carbocycles. The maximum Gasteiger partial charge on any atom is 0.419 e. The highest BCUT2D eigenvalue weighted by Crippen LogP contribution is 2.36. The highest BCUT2D eigenvalue weighted by atomic mass is 19.4. The summed E-state index contributed by atoms with van der Waals surface area (Å²) in [7, 11) is 1.83. The Morgan fingerprint density at radius 3 is 2.53 bits per heavy atom. The fourth-order valence-corrected chi connectivity index (χ4v) is 4.28. The van der Waals surface area contributed by atoms with Gasteiger partial charge in [-0.2, -0.15) is 13.2 Å². The standard InChI is InChI=1S/C22H24F4N6/c1-3-15-19(27)28-12-29-21(15)32-8-6-13(7-9-32)20-30-18(11-31(20)2)14-4-5-17(23)16(10-14)22(24,25)26/h4-5,10-13H,3,6-9H2,1-2H3,(H2,27,28,29). The minimum Gasteiger partial charge on any atom is -0.383 e. The molecule has 0 unspecified atom stereocenters. The van der Waals surface area contributed by atoms with Crippen LogP contribution in [0.25, 0.3) is 11.3 Å². The Balaban J connectivity index is 1.54. The number of nitrogens with two attached hydrogens (primary N) is 1. The Kier molecular flexibility index (Phi) is 5.79. The minimum atomic E-state index is -4.76. The molecular weight excluding hydrogens is 424 g/mol. The van der Waals surface area contributed by atoms with Gasteiger partial charge in [-0.25, -0.2) is 19.3 Å². The van der Waals surface area contributed by atoms with Crippen LogP contribution in [0.2, 0.25) is 0 Å². The summed E-state index contributed by atoms with van der Waals surface area (Å²) in [6, 6.07) is 2.98. The highest BCUT2D eigenvalue weighted by Gasteiger charge is 2.34. The van der Waals surface area contributed by atoms with E-state index in [1.54, 1.807) is 6.20 Å². The summed E-state index contributed by atoms with van der Waals surface area (Å²) in [5.41, 5.74) is 6.28. The number of hydrogen-bond donors (Lipinski definition) is 1. The van der Waals surface area contributed by atoms with Crippen molar-refractivity contribution in [2.45, 2.75) is 38.3 Å². The lowest BCUT2D eigenvalue weighted by Gasteiger charge is -2.33. The zero-order valence-corrected chi connectivity index (χ0v) is 17.8. The molecule has 32 heavy (non-hydrogen) atoms. The summed E-state index contributed by atoms with van der Waals surface area (Å²) in [4.78, 5) is 15.3. The van der Waals surface area contributed by atoms with Gasteiger partial charge in [-0.3, -0.25) is 0 Å². The maximum atomic E-state index is 13.6. The van der Waals surface area contributed by atoms with Crippen LogP contribution in [0.15, 0.2) is 30.7 Å². The molecule has 170 valence electrons. The van der Waals surface area contributed by atoms with E-state index in [0.29, 0.717) is 11.5 Å². The Labute approximate surface area is 183 Å². The number of nitrogens with zero attached hydrogens (tertiary/aromatic N) is 5. The number of halogens is 4. The van der Waals surface area contributed by atoms with E-state index >= 15 is 0 Å². The third kappa shape index (κ3) is 4.13. The van der Waals surface area contributed by atoms with Gasteiger partial charge in [0.2, 0.25) is 0 Å². The monoisotopic (exact) mass is 448 g/mol. The van der Waals surface area contributed by atoms with Gasteiger partial charge in [-0.15, -0.1) is 0 Å². The first-order valence-electron chi connectivity index (χ1n) is 10.4. The predicted molar refractivity (Wildman–Crippen MR) is 114 cm³/mol. The number of rotatable bonds is 4. The smallest absolute Gasteiger partial charge is 0.383 e. The minimum absolute atomic E-state index is 0.150. The van der Waals surface area contributed by atoms with Crippen molar-refractivity contribution in [3.05, 3.63) is 53.5 Å². The number of alkyl halides is 3. The molecule has 0 radical (unpaired) electrons. The molecular formula is C22H24F4N6. The molecule has 4 rings (SSSR count). The van der Waals surface area contributed by atoms with Gasteiger partial charge >= 0.3 is 6.18 Å². The summed E-state index contributed by atoms with van der Waals surface area (Å²) in [5, 5.41) is 0. The number of piperidine rings is 1. The number of aryl methyl sites for hydroxylation is 1. The Morgan fingerprint density at radius 1 is 1.16 bits per heavy atom. The van der Waals surface area contributed by atoms with Gasteiger partial charge in [0.1, 0.15) is 29.6 Å². The van der Waals surface area contributed by atoms with E-state index in [-0.39, 0.29) is 11.5 Å². The molecule has 1 aromatic carbocycles. The van der Waals surface area contributed by atoms with E-state index in [4.69, 9.17) is 5.73 Å². The summed E-state index contributed by atoms with van der Waals surface area (Å²) in [5.74, 6) is 1.00. The molecule has 3 aromatic rings. The first-order chi connectivity index (χ1) is 15.2. The van der Waals surface area contributed by atoms with Crippen LogP contribution >= 0.6 is 0 Å². The third-order valence-electron chi connectivity index (χ3n) is 5.95. The second-order valence-electron chi connectivity index (χ2n) is 7.96. The van der Waals surface area contributed by atoms with Crippen molar-refractivity contribution in [1.82, 2.24) is 19.5 Å². The maximum absolute atomic E-state index is 13.6. The Morgan fingerprint density at radius 2 is 1.88 bits per heavy atom. The molecule has 0 bridgehead atoms. The van der Waals surface area contributed by atoms with Gasteiger partial charge in [-0.1, -0.05) is 6.92 Å². The van der Waals surface area contributed by atoms with Crippen molar-refractivity contribution in [3.8, 4) is 11.3 Å². The van der Waals surface area contributed by atoms with Crippen LogP contribution in [-0.4, -0.2) is 32.6 Å². The van der Waals surface area contributed by atoms with Crippen LogP contribution in [0.5, 0.6) is 0 Å². The zero-order chi connectivity index (χ0) is 23.0. The number of aromatic nitrogens is 4. The number of nitrogen functional groups attached to an aromatic ring is 1. The van der Waals surface area contributed by atoms with Crippen LogP contribution in [0.4, 0.5) is 29.2 Å². The van der Waals surface area contributed by atoms with Gasteiger partial charge in [0.15, 0.2) is 0 Å². The lowest BCUT2D eigenvalue weighted by Crippen LogP contribution is -2.35. The largest absolute Gasteiger partial charge is 0.419 e. The molecule has 0 amide bonds. The van der Waals surface area contributed by atoms with E-state index in [0.717, 1.165) is 61.7 Å². The van der Waals surface area contributed by atoms with Crippen LogP contribution in [0, 0.1) is 5.82 Å². The number of hydrogen-bond acceptors (Lipinski definition) is 5. The highest BCUT2D eigenvalue weighted by molar-refractivity contribution is 5.60. The van der Waals surface area contributed by atoms with E-state index in [1.807, 2.05) is 18.5 Å². The summed E-state index contributed by atoms with van der Waals surface area (Å²) in [6.07, 6.45) is 0.770. The normalized spacial score (nSPS) is 15.4. The van der Waals surface area contributed by atoms with Crippen LogP contribution in [0.1, 0.15) is 42.6 Å². The summed E-state index contributed by atoms with van der Waals surface area (Å²) in [6.45, 7) is 3.52. The molecule has 0 spiro atoms. The molecule has 10 heteroatoms. The lowest BCUT2D eigenvalue weighted by molar-refractivity contribution is -0.139. The average Bonchev–Trinajstić information content (AvgIpc) is 3.14. The topological polar surface area (TPSA) is 72.9 Å². The van der Waals surface area contributed by atoms with E-state index in [9.17, 15) is 17.6 Å². The van der Waals surface area contributed by atoms with Crippen LogP contribution < -0.4 is 10.6 Å². The SMILES string of the molecule is CCc1c(N)ncnc1N1CCC(c2nc(-c3ccc(F)c(C(F)(F)F)c3)cn2C)CC1. The third-order valence-corrected chi connectivity index (χ3v) is 5.95. The molecule has 0 atom stereocenters. The van der Waals surface area contributed by atoms with Crippen molar-refractivity contribution in [3.63, 3.8) is 0 Å². The zero-order valence-electron chi connectivity index (χ0n) is 17.8. The van der Waals surface area contributed by atoms with Crippen molar-refractivity contribution in [2.75, 3.05) is 23.7 Å². The van der Waals surface area contributed by atoms with Gasteiger partial charge in [0, 0.05) is 43.4 Å². The van der Waals surface area contributed by atoms with Gasteiger partial charge < -0.3 is 15.2 Å². The fraction of sp³-hybridized carbons (Fsp3) is 0.409. The summed E-state index contributed by atoms with van der Waals surface area (Å²) < 4.78 is 54.7. The summed E-state index contributed by atoms with van der Waals surface area (Å²) >= 11 is 0. The molecule has 2 aromatic heterocycles. The fourth-order valence-electron chi connectivity index (χ4n) is 4.28. The Bertz CT molecular complexity index is 1120. The quantitative estimate of drug-likeness (QED) is 0.593. The van der Waals surface area contributed by atoms with E-state index in [1.165, 1.54) is 12.4 Å². The van der Waals surface area contributed by atoms with Crippen molar-refractivity contribution >= 4 is 11.6 Å². The van der Waals surface area contributed by atoms with Crippen molar-refractivity contribution < 1.29 is 17.6 Å². The van der Waals surface area contributed by atoms with Crippen molar-refractivity contribution in [2.24, 2.45) is 7.05 Å². The number of anilines is 2. The molecule has 1 saturated heterocycles. The molecule has 6 nitrogen and oxygen atoms in total. The molecule has 1 aliphatic heterocycles. The number of benzene rings is 1. The van der Waals surface area contributed by atoms with Gasteiger partial charge in [0.05, 0.1) is 11.3 Å². The van der Waals surface area contributed by atoms with E-state index < -0.39 is 17.6 Å². The molecule has 1 fully saturated rings. The molecule has 3 heterocycles. The van der Waals surface area contributed by atoms with Gasteiger partial charge in [-0.05, 0) is 37.5 Å². The van der Waals surface area contributed by atoms with Crippen LogP contribution in [-0.2, 0) is 19.6 Å². The second-order valence-corrected chi connectivity index (χ2v) is 7.96. The molecule has 1 aliphatic rings. The van der Waals surface area contributed by atoms with Crippen molar-refractivity contribution in [1.29, 1.82) is 0 Å². The first-order valence-corrected chi connectivity index (χ1v) is 10.4. The lowest BCUT2D eigenvalue weighted by atomic mass is 9.95. The van der Waals surface area contributed by atoms with Gasteiger partial charge in [0.25, 0.3) is 0 Å². The van der Waals surface area contributed by atoms with E-state index in [2.05, 4.69) is 19.9 Å². The first kappa shape index (κ1) is 22.0. The predicted octanol–water partition coefficient (Wildman–Crippen LogP) is 4.56. The molecule has 0 saturated carbocycles. The average molecular weight is 448 g/mol. The van der Waals surface area contributed by atoms with Crippen LogP contribution in [0.3, 0.4) is 0 Å². The second kappa shape index (κ2) is 8.40. The molecule has 2 N–H and O–H groups in total. The Hall–Kier alpha value is -3.17. The number of imidazole rings is 1.